The van der Waals surface area contributed by atoms with Crippen molar-refractivity contribution in [2.45, 2.75) is 131 Å². The summed E-state index contributed by atoms with van der Waals surface area (Å²) in [4.78, 5) is 0. The van der Waals surface area contributed by atoms with Crippen LogP contribution < -0.4 is 0 Å². The highest BCUT2D eigenvalue weighted by atomic mass is 16.5. The minimum Gasteiger partial charge on any atom is -0.498 e. The van der Waals surface area contributed by atoms with Gasteiger partial charge in [0.25, 0.3) is 0 Å². The molecule has 3 rings (SSSR count). The van der Waals surface area contributed by atoms with E-state index in [-0.39, 0.29) is 6.10 Å². The van der Waals surface area contributed by atoms with Gasteiger partial charge in [0.1, 0.15) is 6.10 Å². The Balaban J connectivity index is 0.000000239. The topological polar surface area (TPSA) is 29.5 Å². The molecule has 6 unspecified atom stereocenters. The molecule has 6 atom stereocenters. The molecule has 0 bridgehead atoms. The van der Waals surface area contributed by atoms with E-state index in [0.29, 0.717) is 17.9 Å². The lowest BCUT2D eigenvalue weighted by atomic mass is 9.75. The zero-order valence-corrected chi connectivity index (χ0v) is 21.2. The van der Waals surface area contributed by atoms with Crippen LogP contribution in [0.5, 0.6) is 0 Å². The van der Waals surface area contributed by atoms with Crippen LogP contribution in [0.15, 0.2) is 12.8 Å². The van der Waals surface area contributed by atoms with Crippen molar-refractivity contribution in [2.24, 2.45) is 35.5 Å². The average Bonchev–Trinajstić information content (AvgIpc) is 2.70. The number of hydrogen-bond acceptors (Lipinski definition) is 2. The van der Waals surface area contributed by atoms with E-state index >= 15 is 0 Å². The predicted molar refractivity (Wildman–Crippen MR) is 131 cm³/mol. The van der Waals surface area contributed by atoms with E-state index in [4.69, 9.17) is 4.74 Å². The lowest BCUT2D eigenvalue weighted by Crippen LogP contribution is -2.33. The number of rotatable bonds is 4. The van der Waals surface area contributed by atoms with Gasteiger partial charge in [0.2, 0.25) is 0 Å². The molecule has 0 aliphatic heterocycles. The quantitative estimate of drug-likeness (QED) is 0.461. The molecule has 2 heteroatoms. The fraction of sp³-hybridized carbons (Fsp3) is 0.929. The fourth-order valence-corrected chi connectivity index (χ4v) is 5.61. The Morgan fingerprint density at radius 2 is 1.17 bits per heavy atom. The van der Waals surface area contributed by atoms with Gasteiger partial charge in [-0.2, -0.15) is 0 Å². The van der Waals surface area contributed by atoms with Crippen LogP contribution >= 0.6 is 0 Å². The second-order valence-corrected chi connectivity index (χ2v) is 11.2. The molecule has 0 aromatic heterocycles. The van der Waals surface area contributed by atoms with E-state index < -0.39 is 0 Å². The summed E-state index contributed by atoms with van der Waals surface area (Å²) in [6.45, 7) is 17.2. The van der Waals surface area contributed by atoms with Crippen LogP contribution in [0.2, 0.25) is 0 Å². The molecule has 1 N–H and O–H groups in total. The van der Waals surface area contributed by atoms with Crippen LogP contribution in [0.1, 0.15) is 119 Å². The highest BCUT2D eigenvalue weighted by Crippen LogP contribution is 2.35. The maximum atomic E-state index is 9.71. The average molecular weight is 423 g/mol. The Morgan fingerprint density at radius 3 is 1.57 bits per heavy atom. The fourth-order valence-electron chi connectivity index (χ4n) is 5.61. The van der Waals surface area contributed by atoms with Gasteiger partial charge in [-0.1, -0.05) is 99.5 Å². The molecule has 30 heavy (non-hydrogen) atoms. The molecule has 0 heterocycles. The van der Waals surface area contributed by atoms with Gasteiger partial charge >= 0.3 is 0 Å². The number of aliphatic hydroxyl groups is 1. The lowest BCUT2D eigenvalue weighted by molar-refractivity contribution is 0.0140. The van der Waals surface area contributed by atoms with Crippen molar-refractivity contribution in [3.8, 4) is 0 Å². The maximum Gasteiger partial charge on any atom is 0.101 e. The molecule has 3 saturated carbocycles. The lowest BCUT2D eigenvalue weighted by Gasteiger charge is -2.36. The van der Waals surface area contributed by atoms with Gasteiger partial charge in [0.05, 0.1) is 12.4 Å². The first-order valence-electron chi connectivity index (χ1n) is 13.2. The van der Waals surface area contributed by atoms with Gasteiger partial charge in [-0.15, -0.1) is 0 Å². The van der Waals surface area contributed by atoms with Crippen molar-refractivity contribution in [1.82, 2.24) is 0 Å². The van der Waals surface area contributed by atoms with E-state index in [1.807, 2.05) is 0 Å². The Kier molecular flexibility index (Phi) is 14.1. The smallest absolute Gasteiger partial charge is 0.101 e. The molecule has 3 aliphatic rings. The first kappa shape index (κ1) is 27.5. The van der Waals surface area contributed by atoms with Crippen LogP contribution in [-0.4, -0.2) is 17.3 Å². The normalized spacial score (nSPS) is 34.3. The Morgan fingerprint density at radius 1 is 0.733 bits per heavy atom. The second kappa shape index (κ2) is 15.3. The number of aliphatic hydroxyl groups excluding tert-OH is 1. The molecule has 0 aromatic carbocycles. The van der Waals surface area contributed by atoms with E-state index in [0.717, 1.165) is 30.1 Å². The van der Waals surface area contributed by atoms with Crippen LogP contribution in [-0.2, 0) is 4.74 Å². The van der Waals surface area contributed by atoms with Crippen LogP contribution in [0.3, 0.4) is 0 Å². The van der Waals surface area contributed by atoms with E-state index in [1.165, 1.54) is 70.6 Å². The minimum atomic E-state index is -0.0289. The molecule has 0 radical (unpaired) electrons. The van der Waals surface area contributed by atoms with Gasteiger partial charge < -0.3 is 9.84 Å². The van der Waals surface area contributed by atoms with E-state index in [9.17, 15) is 5.11 Å². The summed E-state index contributed by atoms with van der Waals surface area (Å²) in [6, 6.07) is 0. The van der Waals surface area contributed by atoms with Gasteiger partial charge in [-0.3, -0.25) is 0 Å². The van der Waals surface area contributed by atoms with Crippen LogP contribution in [0.4, 0.5) is 0 Å². The van der Waals surface area contributed by atoms with Crippen LogP contribution in [0.25, 0.3) is 0 Å². The van der Waals surface area contributed by atoms with Crippen molar-refractivity contribution < 1.29 is 9.84 Å². The highest BCUT2D eigenvalue weighted by Gasteiger charge is 2.31. The molecule has 3 aliphatic carbocycles. The van der Waals surface area contributed by atoms with Gasteiger partial charge in [0.15, 0.2) is 0 Å². The zero-order chi connectivity index (χ0) is 22.5. The highest BCUT2D eigenvalue weighted by molar-refractivity contribution is 4.82. The predicted octanol–water partition coefficient (Wildman–Crippen LogP) is 8.39. The SMILES string of the molecule is C1CCCCC1.C=COC1CC(C)CCC1C(C)C.CC1CCC(C(C)C)C(O)C1. The van der Waals surface area contributed by atoms with Gasteiger partial charge in [-0.05, 0) is 61.2 Å². The Bertz CT molecular complexity index is 415. The summed E-state index contributed by atoms with van der Waals surface area (Å²) in [7, 11) is 0. The molecule has 0 saturated heterocycles. The van der Waals surface area contributed by atoms with Gasteiger partial charge in [0, 0.05) is 0 Å². The van der Waals surface area contributed by atoms with Gasteiger partial charge in [-0.25, -0.2) is 0 Å². The summed E-state index contributed by atoms with van der Waals surface area (Å²) in [6.07, 6.45) is 18.4. The molecule has 2 nitrogen and oxygen atoms in total. The largest absolute Gasteiger partial charge is 0.498 e. The summed E-state index contributed by atoms with van der Waals surface area (Å²) >= 11 is 0. The molecule has 0 spiro atoms. The Hall–Kier alpha value is -0.500. The van der Waals surface area contributed by atoms with E-state index in [1.54, 1.807) is 6.26 Å². The third-order valence-corrected chi connectivity index (χ3v) is 7.72. The maximum absolute atomic E-state index is 9.71. The standard InChI is InChI=1S/C12H22O.C10H20O.C6H12/c1-5-13-12-8-10(4)6-7-11(12)9(2)3;1-7(2)9-5-4-8(3)6-10(9)11;1-2-4-6-5-3-1/h5,9-12H,1,6-8H2,2-4H3;7-11H,4-6H2,1-3H3;1-6H2. The summed E-state index contributed by atoms with van der Waals surface area (Å²) in [5, 5.41) is 9.71. The summed E-state index contributed by atoms with van der Waals surface area (Å²) < 4.78 is 5.59. The van der Waals surface area contributed by atoms with Crippen molar-refractivity contribution in [3.63, 3.8) is 0 Å². The molecule has 178 valence electrons. The Labute approximate surface area is 189 Å². The number of hydrogen-bond donors (Lipinski definition) is 1. The zero-order valence-electron chi connectivity index (χ0n) is 21.2. The third kappa shape index (κ3) is 10.7. The number of ether oxygens (including phenoxy) is 1. The monoisotopic (exact) mass is 422 g/mol. The molecule has 0 amide bonds. The summed E-state index contributed by atoms with van der Waals surface area (Å²) in [5.41, 5.74) is 0. The molecule has 0 aromatic rings. The van der Waals surface area contributed by atoms with Crippen LogP contribution in [0, 0.1) is 35.5 Å². The molecular weight excluding hydrogens is 368 g/mol. The summed E-state index contributed by atoms with van der Waals surface area (Å²) in [5.74, 6) is 4.23. The molecule has 3 fully saturated rings. The minimum absolute atomic E-state index is 0.0289. The first-order valence-corrected chi connectivity index (χ1v) is 13.2. The van der Waals surface area contributed by atoms with Crippen molar-refractivity contribution >= 4 is 0 Å². The molecular formula is C28H54O2. The van der Waals surface area contributed by atoms with E-state index in [2.05, 4.69) is 48.1 Å². The third-order valence-electron chi connectivity index (χ3n) is 7.72. The second-order valence-electron chi connectivity index (χ2n) is 11.2. The van der Waals surface area contributed by atoms with Crippen molar-refractivity contribution in [2.75, 3.05) is 0 Å². The van der Waals surface area contributed by atoms with Crippen molar-refractivity contribution in [1.29, 1.82) is 0 Å². The van der Waals surface area contributed by atoms with Crippen molar-refractivity contribution in [3.05, 3.63) is 12.8 Å². The first-order chi connectivity index (χ1) is 14.3.